The Labute approximate surface area is 194 Å². The maximum atomic E-state index is 12.5. The minimum Gasteiger partial charge on any atom is -0.479 e. The molecule has 0 radical (unpaired) electrons. The molecule has 0 spiro atoms. The smallest absolute Gasteiger partial charge is 0.345 e. The van der Waals surface area contributed by atoms with E-state index >= 15 is 0 Å². The summed E-state index contributed by atoms with van der Waals surface area (Å²) in [5.41, 5.74) is 0.633. The molecule has 3 aromatic rings. The number of carboxylic acids is 1. The highest BCUT2D eigenvalue weighted by Crippen LogP contribution is 2.48. The Morgan fingerprint density at radius 2 is 1.84 bits per heavy atom. The number of aliphatic carboxylic acids is 1. The van der Waals surface area contributed by atoms with Crippen LogP contribution in [-0.2, 0) is 10.4 Å². The van der Waals surface area contributed by atoms with Crippen LogP contribution >= 0.6 is 27.3 Å². The molecule has 0 aliphatic carbocycles. The van der Waals surface area contributed by atoms with E-state index in [-0.39, 0.29) is 0 Å². The molecule has 2 bridgehead atoms. The third kappa shape index (κ3) is 3.55. The van der Waals surface area contributed by atoms with Crippen LogP contribution in [0.1, 0.15) is 42.0 Å². The lowest BCUT2D eigenvalue weighted by Crippen LogP contribution is -2.43. The molecule has 160 valence electrons. The molecule has 1 aromatic heterocycles. The van der Waals surface area contributed by atoms with Gasteiger partial charge in [-0.05, 0) is 73.0 Å². The first-order valence-corrected chi connectivity index (χ1v) is 12.3. The van der Waals surface area contributed by atoms with Crippen LogP contribution in [0, 0.1) is 5.92 Å². The van der Waals surface area contributed by atoms with Gasteiger partial charge in [-0.2, -0.15) is 0 Å². The van der Waals surface area contributed by atoms with Gasteiger partial charge < -0.3 is 10.2 Å². The molecule has 4 nitrogen and oxygen atoms in total. The van der Waals surface area contributed by atoms with Crippen molar-refractivity contribution in [1.82, 2.24) is 4.90 Å². The van der Waals surface area contributed by atoms with Gasteiger partial charge in [-0.25, -0.2) is 4.79 Å². The third-order valence-electron chi connectivity index (χ3n) is 6.82. The fraction of sp³-hybridized carbons (Fsp3) is 0.320. The molecule has 31 heavy (non-hydrogen) atoms. The predicted molar refractivity (Wildman–Crippen MR) is 126 cm³/mol. The Morgan fingerprint density at radius 1 is 1.10 bits per heavy atom. The summed E-state index contributed by atoms with van der Waals surface area (Å²) in [7, 11) is 0. The predicted octanol–water partition coefficient (Wildman–Crippen LogP) is 5.65. The Hall–Kier alpha value is -1.99. The van der Waals surface area contributed by atoms with Crippen LogP contribution in [0.2, 0.25) is 0 Å². The van der Waals surface area contributed by atoms with Gasteiger partial charge in [0.15, 0.2) is 0 Å². The van der Waals surface area contributed by atoms with Crippen LogP contribution in [0.3, 0.4) is 0 Å². The Morgan fingerprint density at radius 3 is 2.48 bits per heavy atom. The van der Waals surface area contributed by atoms with Gasteiger partial charge in [-0.15, -0.1) is 11.3 Å². The first-order chi connectivity index (χ1) is 15.0. The van der Waals surface area contributed by atoms with E-state index in [1.807, 2.05) is 12.1 Å². The van der Waals surface area contributed by atoms with Gasteiger partial charge in [-0.3, -0.25) is 4.90 Å². The van der Waals surface area contributed by atoms with E-state index in [1.165, 1.54) is 18.4 Å². The summed E-state index contributed by atoms with van der Waals surface area (Å²) in [5, 5.41) is 23.8. The lowest BCUT2D eigenvalue weighted by molar-refractivity contribution is -0.155. The van der Waals surface area contributed by atoms with Gasteiger partial charge in [0.05, 0.1) is 0 Å². The minimum absolute atomic E-state index is 0.352. The van der Waals surface area contributed by atoms with Crippen LogP contribution < -0.4 is 0 Å². The van der Waals surface area contributed by atoms with Crippen LogP contribution in [0.4, 0.5) is 0 Å². The SMILES string of the molecule is O=C(O)C(O)(c1ccccc1)c1ccc(Br)cc1-c1sccc1C1CC2CCN1CC2. The second-order valence-electron chi connectivity index (χ2n) is 8.51. The number of piperidine rings is 3. The molecule has 0 amide bonds. The molecule has 2 aromatic carbocycles. The van der Waals surface area contributed by atoms with Crippen molar-refractivity contribution in [1.29, 1.82) is 0 Å². The fourth-order valence-electron chi connectivity index (χ4n) is 5.18. The molecule has 2 N–H and O–H groups in total. The molecular formula is C25H24BrNO3S. The molecule has 2 unspecified atom stereocenters. The molecule has 3 aliphatic heterocycles. The highest BCUT2D eigenvalue weighted by molar-refractivity contribution is 9.10. The number of hydrogen-bond acceptors (Lipinski definition) is 4. The van der Waals surface area contributed by atoms with Crippen LogP contribution in [0.25, 0.3) is 10.4 Å². The summed E-state index contributed by atoms with van der Waals surface area (Å²) in [6.07, 6.45) is 3.69. The highest BCUT2D eigenvalue weighted by atomic mass is 79.9. The molecule has 6 heteroatoms. The molecule has 3 saturated heterocycles. The Bertz CT molecular complexity index is 1110. The van der Waals surface area contributed by atoms with Crippen LogP contribution in [-0.4, -0.2) is 34.2 Å². The number of aliphatic hydroxyl groups is 1. The standard InChI is InChI=1S/C25H24BrNO3S/c26-18-6-7-21(25(30,24(28)29)17-4-2-1-3-5-17)20(15-18)23-19(10-13-31-23)22-14-16-8-11-27(22)12-9-16/h1-7,10,13,15-16,22,30H,8-9,11-12,14H2,(H,28,29). The zero-order valence-electron chi connectivity index (χ0n) is 17.0. The summed E-state index contributed by atoms with van der Waals surface area (Å²) in [4.78, 5) is 16.1. The van der Waals surface area contributed by atoms with Crippen molar-refractivity contribution in [2.75, 3.05) is 13.1 Å². The average molecular weight is 498 g/mol. The number of benzene rings is 2. The zero-order valence-corrected chi connectivity index (χ0v) is 19.4. The van der Waals surface area contributed by atoms with Crippen molar-refractivity contribution < 1.29 is 15.0 Å². The van der Waals surface area contributed by atoms with E-state index in [9.17, 15) is 15.0 Å². The lowest BCUT2D eigenvalue weighted by atomic mass is 9.79. The number of thiophene rings is 1. The molecule has 3 fully saturated rings. The summed E-state index contributed by atoms with van der Waals surface area (Å²) in [6, 6.07) is 16.7. The minimum atomic E-state index is -2.13. The molecule has 2 atom stereocenters. The van der Waals surface area contributed by atoms with E-state index in [4.69, 9.17) is 0 Å². The number of hydrogen-bond donors (Lipinski definition) is 2. The molecule has 0 saturated carbocycles. The number of carbonyl (C=O) groups is 1. The van der Waals surface area contributed by atoms with Crippen molar-refractivity contribution in [2.45, 2.75) is 30.9 Å². The first-order valence-electron chi connectivity index (χ1n) is 10.6. The highest BCUT2D eigenvalue weighted by Gasteiger charge is 2.43. The second kappa shape index (κ2) is 8.17. The Balaban J connectivity index is 1.67. The fourth-order valence-corrected chi connectivity index (χ4v) is 6.53. The van der Waals surface area contributed by atoms with E-state index in [2.05, 4.69) is 32.3 Å². The van der Waals surface area contributed by atoms with Gasteiger partial charge >= 0.3 is 5.97 Å². The van der Waals surface area contributed by atoms with E-state index < -0.39 is 11.6 Å². The topological polar surface area (TPSA) is 60.8 Å². The van der Waals surface area contributed by atoms with Gasteiger partial charge in [0.2, 0.25) is 5.60 Å². The van der Waals surface area contributed by atoms with Gasteiger partial charge in [-0.1, -0.05) is 52.3 Å². The van der Waals surface area contributed by atoms with Crippen LogP contribution in [0.5, 0.6) is 0 Å². The second-order valence-corrected chi connectivity index (χ2v) is 10.3. The molecule has 3 aliphatic rings. The third-order valence-corrected chi connectivity index (χ3v) is 8.28. The maximum Gasteiger partial charge on any atom is 0.345 e. The maximum absolute atomic E-state index is 12.5. The lowest BCUT2D eigenvalue weighted by Gasteiger charge is -2.45. The first kappa shape index (κ1) is 20.9. The summed E-state index contributed by atoms with van der Waals surface area (Å²) < 4.78 is 0.858. The van der Waals surface area contributed by atoms with Crippen molar-refractivity contribution in [3.63, 3.8) is 0 Å². The number of nitrogens with zero attached hydrogens (tertiary/aromatic N) is 1. The van der Waals surface area contributed by atoms with Crippen molar-refractivity contribution in [2.24, 2.45) is 5.92 Å². The number of fused-ring (bicyclic) bond motifs is 3. The van der Waals surface area contributed by atoms with E-state index in [1.54, 1.807) is 47.7 Å². The average Bonchev–Trinajstić information content (AvgIpc) is 3.29. The van der Waals surface area contributed by atoms with E-state index in [0.717, 1.165) is 40.3 Å². The van der Waals surface area contributed by atoms with Gasteiger partial charge in [0.1, 0.15) is 0 Å². The van der Waals surface area contributed by atoms with Gasteiger partial charge in [0.25, 0.3) is 0 Å². The van der Waals surface area contributed by atoms with E-state index in [0.29, 0.717) is 17.2 Å². The summed E-state index contributed by atoms with van der Waals surface area (Å²) in [6.45, 7) is 2.25. The summed E-state index contributed by atoms with van der Waals surface area (Å²) >= 11 is 5.18. The van der Waals surface area contributed by atoms with Crippen molar-refractivity contribution in [3.05, 3.63) is 81.1 Å². The van der Waals surface area contributed by atoms with Crippen molar-refractivity contribution in [3.8, 4) is 10.4 Å². The quantitative estimate of drug-likeness (QED) is 0.477. The monoisotopic (exact) mass is 497 g/mol. The normalized spacial score (nSPS) is 24.6. The molecular weight excluding hydrogens is 474 g/mol. The van der Waals surface area contributed by atoms with Crippen LogP contribution in [0.15, 0.2) is 64.5 Å². The number of halogens is 1. The Kier molecular flexibility index (Phi) is 5.51. The van der Waals surface area contributed by atoms with Gasteiger partial charge in [0, 0.05) is 26.5 Å². The molecule has 6 rings (SSSR count). The summed E-state index contributed by atoms with van der Waals surface area (Å²) in [5.74, 6) is -0.508. The largest absolute Gasteiger partial charge is 0.479 e. The zero-order chi connectivity index (χ0) is 21.6. The molecule has 4 heterocycles. The number of rotatable bonds is 5. The number of carboxylic acid groups (broad SMARTS) is 1. The van der Waals surface area contributed by atoms with Crippen molar-refractivity contribution >= 4 is 33.2 Å².